The van der Waals surface area contributed by atoms with E-state index in [-0.39, 0.29) is 0 Å². The molecule has 36 heavy (non-hydrogen) atoms. The average molecular weight is 492 g/mol. The Bertz CT molecular complexity index is 966. The number of nitrogens with zero attached hydrogens (tertiary/aromatic N) is 1. The van der Waals surface area contributed by atoms with Gasteiger partial charge in [0.15, 0.2) is 0 Å². The largest absolute Gasteiger partial charge is 0.388 e. The summed E-state index contributed by atoms with van der Waals surface area (Å²) in [4.78, 5) is 13.1. The number of nitrogens with two attached hydrogens (primary N) is 1. The van der Waals surface area contributed by atoms with Crippen molar-refractivity contribution in [3.05, 3.63) is 119 Å². The number of hydrogen-bond acceptors (Lipinski definition) is 5. The summed E-state index contributed by atoms with van der Waals surface area (Å²) < 4.78 is 0. The summed E-state index contributed by atoms with van der Waals surface area (Å²) in [6, 6.07) is 28.4. The minimum atomic E-state index is -0.492. The zero-order valence-electron chi connectivity index (χ0n) is 20.5. The SMILES string of the molecule is NCCC(O)c1ccccc1.O=CNCCC(O)c1ccccc1.[C-]#[N+]CCC(O)c1ccccc1. The van der Waals surface area contributed by atoms with E-state index in [1.165, 1.54) is 0 Å². The van der Waals surface area contributed by atoms with Crippen LogP contribution in [0.15, 0.2) is 91.0 Å². The number of benzene rings is 3. The number of carbonyl (C=O) groups is 1. The molecular formula is C29H37N3O4. The third-order valence-electron chi connectivity index (χ3n) is 5.15. The van der Waals surface area contributed by atoms with Crippen LogP contribution in [0.1, 0.15) is 54.3 Å². The first kappa shape index (κ1) is 30.5. The second kappa shape index (κ2) is 19.7. The van der Waals surface area contributed by atoms with E-state index in [9.17, 15) is 20.1 Å². The Morgan fingerprint density at radius 3 is 1.47 bits per heavy atom. The topological polar surface area (TPSA) is 120 Å². The molecule has 3 aromatic carbocycles. The molecule has 6 N–H and O–H groups in total. The van der Waals surface area contributed by atoms with Crippen LogP contribution in [0.3, 0.4) is 0 Å². The number of rotatable bonds is 11. The van der Waals surface area contributed by atoms with Gasteiger partial charge in [-0.1, -0.05) is 91.0 Å². The van der Waals surface area contributed by atoms with Crippen molar-refractivity contribution in [2.75, 3.05) is 19.6 Å². The highest BCUT2D eigenvalue weighted by Gasteiger charge is 2.07. The fourth-order valence-corrected chi connectivity index (χ4v) is 3.15. The first-order chi connectivity index (χ1) is 17.5. The summed E-state index contributed by atoms with van der Waals surface area (Å²) in [6.07, 6.45) is 0.952. The van der Waals surface area contributed by atoms with Gasteiger partial charge in [0.1, 0.15) is 0 Å². The standard InChI is InChI=1S/C10H13NO2.C10H11NO.C9H13NO/c12-8-11-7-6-10(13)9-4-2-1-3-5-9;1-11-8-7-10(12)9-5-3-2-4-6-9;10-7-6-9(11)8-4-2-1-3-5-8/h1-5,8,10,13H,6-7H2,(H,11,12);2-6,10,12H,7-8H2;1-5,9,11H,6-7,10H2. The van der Waals surface area contributed by atoms with Gasteiger partial charge in [-0.25, -0.2) is 6.57 Å². The van der Waals surface area contributed by atoms with Gasteiger partial charge >= 0.3 is 0 Å². The lowest BCUT2D eigenvalue weighted by molar-refractivity contribution is -0.109. The Hall–Kier alpha value is -3.54. The van der Waals surface area contributed by atoms with Gasteiger partial charge in [-0.05, 0) is 36.1 Å². The fraction of sp³-hybridized carbons (Fsp3) is 0.310. The zero-order valence-corrected chi connectivity index (χ0v) is 20.5. The molecule has 7 heteroatoms. The molecule has 3 rings (SSSR count). The molecule has 0 spiro atoms. The molecule has 3 aromatic rings. The van der Waals surface area contributed by atoms with E-state index in [1.807, 2.05) is 91.0 Å². The Balaban J connectivity index is 0.000000271. The molecule has 7 nitrogen and oxygen atoms in total. The van der Waals surface area contributed by atoms with E-state index < -0.39 is 18.3 Å². The number of amides is 1. The molecule has 1 amide bonds. The van der Waals surface area contributed by atoms with E-state index in [0.717, 1.165) is 16.7 Å². The molecule has 192 valence electrons. The summed E-state index contributed by atoms with van der Waals surface area (Å²) in [5.74, 6) is 0. The first-order valence-electron chi connectivity index (χ1n) is 11.9. The smallest absolute Gasteiger partial charge is 0.217 e. The van der Waals surface area contributed by atoms with Crippen LogP contribution < -0.4 is 11.1 Å². The monoisotopic (exact) mass is 491 g/mol. The number of aliphatic hydroxyl groups excluding tert-OH is 3. The molecule has 0 heterocycles. The van der Waals surface area contributed by atoms with Crippen LogP contribution in [0.25, 0.3) is 4.85 Å². The lowest BCUT2D eigenvalue weighted by atomic mass is 10.1. The minimum Gasteiger partial charge on any atom is -0.388 e. The van der Waals surface area contributed by atoms with Crippen molar-refractivity contribution in [2.45, 2.75) is 37.6 Å². The molecular weight excluding hydrogens is 454 g/mol. The zero-order chi connectivity index (χ0) is 26.4. The molecule has 3 unspecified atom stereocenters. The lowest BCUT2D eigenvalue weighted by Gasteiger charge is -2.09. The predicted molar refractivity (Wildman–Crippen MR) is 143 cm³/mol. The number of carbonyl (C=O) groups excluding carboxylic acids is 1. The minimum absolute atomic E-state index is 0.385. The van der Waals surface area contributed by atoms with Crippen molar-refractivity contribution < 1.29 is 20.1 Å². The maximum absolute atomic E-state index is 9.93. The highest BCUT2D eigenvalue weighted by Crippen LogP contribution is 2.16. The summed E-state index contributed by atoms with van der Waals surface area (Å²) >= 11 is 0. The molecule has 0 aliphatic carbocycles. The van der Waals surface area contributed by atoms with Crippen molar-refractivity contribution in [2.24, 2.45) is 5.73 Å². The average Bonchev–Trinajstić information content (AvgIpc) is 2.94. The molecule has 0 aliphatic heterocycles. The van der Waals surface area contributed by atoms with Crippen molar-refractivity contribution in [1.82, 2.24) is 5.32 Å². The van der Waals surface area contributed by atoms with Crippen LogP contribution in [-0.4, -0.2) is 41.4 Å². The van der Waals surface area contributed by atoms with Gasteiger partial charge in [-0.3, -0.25) is 4.79 Å². The molecule has 3 atom stereocenters. The Labute approximate surface area is 214 Å². The van der Waals surface area contributed by atoms with Gasteiger partial charge in [0, 0.05) is 6.54 Å². The first-order valence-corrected chi connectivity index (χ1v) is 11.9. The van der Waals surface area contributed by atoms with Gasteiger partial charge in [-0.2, -0.15) is 0 Å². The highest BCUT2D eigenvalue weighted by atomic mass is 16.3. The fourth-order valence-electron chi connectivity index (χ4n) is 3.15. The molecule has 0 aromatic heterocycles. The Morgan fingerprint density at radius 2 is 1.11 bits per heavy atom. The predicted octanol–water partition coefficient (Wildman–Crippen LogP) is 3.95. The normalized spacial score (nSPS) is 12.3. The van der Waals surface area contributed by atoms with Crippen LogP contribution in [0.5, 0.6) is 0 Å². The van der Waals surface area contributed by atoms with Gasteiger partial charge in [0.25, 0.3) is 0 Å². The van der Waals surface area contributed by atoms with Crippen LogP contribution in [0.4, 0.5) is 0 Å². The van der Waals surface area contributed by atoms with E-state index in [2.05, 4.69) is 10.2 Å². The van der Waals surface area contributed by atoms with Crippen molar-refractivity contribution in [3.8, 4) is 0 Å². The maximum atomic E-state index is 9.93. The van der Waals surface area contributed by atoms with E-state index in [4.69, 9.17) is 12.3 Å². The van der Waals surface area contributed by atoms with Crippen LogP contribution in [0.2, 0.25) is 0 Å². The third kappa shape index (κ3) is 13.4. The van der Waals surface area contributed by atoms with Crippen molar-refractivity contribution in [1.29, 1.82) is 0 Å². The van der Waals surface area contributed by atoms with Gasteiger partial charge in [0.2, 0.25) is 13.0 Å². The van der Waals surface area contributed by atoms with E-state index in [1.54, 1.807) is 0 Å². The summed E-state index contributed by atoms with van der Waals surface area (Å²) in [5.41, 5.74) is 8.02. The summed E-state index contributed by atoms with van der Waals surface area (Å²) in [5, 5.41) is 31.0. The maximum Gasteiger partial charge on any atom is 0.217 e. The second-order valence-electron chi connectivity index (χ2n) is 7.89. The van der Waals surface area contributed by atoms with Gasteiger partial charge in [-0.15, -0.1) is 0 Å². The molecule has 0 saturated heterocycles. The lowest BCUT2D eigenvalue weighted by Crippen LogP contribution is -2.15. The second-order valence-corrected chi connectivity index (χ2v) is 7.89. The van der Waals surface area contributed by atoms with Gasteiger partial charge in [0.05, 0.1) is 24.7 Å². The van der Waals surface area contributed by atoms with Crippen LogP contribution in [0, 0.1) is 6.57 Å². The molecule has 0 bridgehead atoms. The molecule has 0 radical (unpaired) electrons. The van der Waals surface area contributed by atoms with Crippen molar-refractivity contribution >= 4 is 6.41 Å². The molecule has 0 saturated carbocycles. The quantitative estimate of drug-likeness (QED) is 0.158. The molecule has 0 aliphatic rings. The number of aliphatic hydroxyl groups is 3. The number of hydrogen-bond donors (Lipinski definition) is 5. The van der Waals surface area contributed by atoms with E-state index >= 15 is 0 Å². The van der Waals surface area contributed by atoms with Gasteiger partial charge < -0.3 is 31.2 Å². The third-order valence-corrected chi connectivity index (χ3v) is 5.15. The van der Waals surface area contributed by atoms with Crippen molar-refractivity contribution in [3.63, 3.8) is 0 Å². The summed E-state index contributed by atoms with van der Waals surface area (Å²) in [7, 11) is 0. The Kier molecular flexibility index (Phi) is 16.7. The Morgan fingerprint density at radius 1 is 0.722 bits per heavy atom. The summed E-state index contributed by atoms with van der Waals surface area (Å²) in [6.45, 7) is 7.98. The van der Waals surface area contributed by atoms with Crippen LogP contribution in [-0.2, 0) is 4.79 Å². The highest BCUT2D eigenvalue weighted by molar-refractivity contribution is 5.45. The van der Waals surface area contributed by atoms with Crippen LogP contribution >= 0.6 is 0 Å². The molecule has 0 fully saturated rings. The number of nitrogens with one attached hydrogen (secondary N) is 1. The van der Waals surface area contributed by atoms with E-state index in [0.29, 0.717) is 45.3 Å².